The molecular weight excluding hydrogens is 290 g/mol. The molecule has 0 heterocycles. The van der Waals surface area contributed by atoms with Crippen LogP contribution in [0.15, 0.2) is 29.2 Å². The van der Waals surface area contributed by atoms with Gasteiger partial charge < -0.3 is 10.4 Å². The molecule has 0 unspecified atom stereocenters. The van der Waals surface area contributed by atoms with Gasteiger partial charge in [-0.25, -0.2) is 21.9 Å². The maximum absolute atomic E-state index is 12.8. The molecular formula is C12H16F2N2O3S. The molecule has 0 saturated heterocycles. The monoisotopic (exact) mass is 306 g/mol. The van der Waals surface area contributed by atoms with Crippen LogP contribution in [-0.2, 0) is 10.0 Å². The van der Waals surface area contributed by atoms with Crippen LogP contribution in [-0.4, -0.2) is 38.6 Å². The Kier molecular flexibility index (Phi) is 4.26. The average Bonchev–Trinajstić information content (AvgIpc) is 3.20. The lowest BCUT2D eigenvalue weighted by molar-refractivity contribution is -0.0372. The van der Waals surface area contributed by atoms with E-state index in [2.05, 4.69) is 10.0 Å². The Morgan fingerprint density at radius 1 is 1.25 bits per heavy atom. The number of aliphatic hydroxyl groups excluding tert-OH is 1. The molecule has 0 aromatic heterocycles. The van der Waals surface area contributed by atoms with Gasteiger partial charge in [-0.15, -0.1) is 0 Å². The van der Waals surface area contributed by atoms with Crippen LogP contribution in [0, 0.1) is 0 Å². The van der Waals surface area contributed by atoms with Gasteiger partial charge >= 0.3 is 0 Å². The van der Waals surface area contributed by atoms with Gasteiger partial charge in [-0.1, -0.05) is 0 Å². The second-order valence-electron chi connectivity index (χ2n) is 4.79. The summed E-state index contributed by atoms with van der Waals surface area (Å²) in [6.45, 7) is -1.95. The minimum Gasteiger partial charge on any atom is -0.390 e. The van der Waals surface area contributed by atoms with E-state index in [9.17, 15) is 17.2 Å². The van der Waals surface area contributed by atoms with E-state index in [1.165, 1.54) is 24.3 Å². The molecule has 1 aromatic rings. The summed E-state index contributed by atoms with van der Waals surface area (Å²) in [6, 6.07) is 5.54. The molecule has 0 spiro atoms. The molecule has 1 aromatic carbocycles. The summed E-state index contributed by atoms with van der Waals surface area (Å²) in [5.41, 5.74) is 0.364. The molecule has 5 nitrogen and oxygen atoms in total. The van der Waals surface area contributed by atoms with E-state index in [0.29, 0.717) is 5.69 Å². The first-order valence-corrected chi connectivity index (χ1v) is 7.66. The molecule has 3 N–H and O–H groups in total. The Morgan fingerprint density at radius 3 is 2.35 bits per heavy atom. The molecule has 1 fully saturated rings. The average molecular weight is 306 g/mol. The van der Waals surface area contributed by atoms with Crippen LogP contribution in [0.3, 0.4) is 0 Å². The number of hydrogen-bond donors (Lipinski definition) is 3. The van der Waals surface area contributed by atoms with Crippen molar-refractivity contribution in [3.63, 3.8) is 0 Å². The summed E-state index contributed by atoms with van der Waals surface area (Å²) in [5, 5.41) is 10.9. The molecule has 112 valence electrons. The zero-order valence-electron chi connectivity index (χ0n) is 10.6. The van der Waals surface area contributed by atoms with Crippen LogP contribution >= 0.6 is 0 Å². The summed E-state index contributed by atoms with van der Waals surface area (Å²) in [7, 11) is -3.53. The van der Waals surface area contributed by atoms with Crippen LogP contribution in [0.2, 0.25) is 0 Å². The second-order valence-corrected chi connectivity index (χ2v) is 6.50. The summed E-state index contributed by atoms with van der Waals surface area (Å²) in [4.78, 5) is 0.101. The van der Waals surface area contributed by atoms with E-state index < -0.39 is 29.1 Å². The van der Waals surface area contributed by atoms with Gasteiger partial charge in [-0.05, 0) is 37.1 Å². The molecule has 8 heteroatoms. The molecule has 0 aliphatic heterocycles. The normalized spacial score (nSPS) is 16.1. The van der Waals surface area contributed by atoms with Crippen molar-refractivity contribution < 1.29 is 22.3 Å². The number of alkyl halides is 2. The highest BCUT2D eigenvalue weighted by molar-refractivity contribution is 7.89. The molecule has 0 radical (unpaired) electrons. The summed E-state index contributed by atoms with van der Waals surface area (Å²) in [6.07, 6.45) is 1.68. The number of rotatable bonds is 7. The Hall–Kier alpha value is -1.25. The number of nitrogens with one attached hydrogen (secondary N) is 2. The third kappa shape index (κ3) is 4.12. The van der Waals surface area contributed by atoms with Crippen LogP contribution in [0.4, 0.5) is 14.5 Å². The van der Waals surface area contributed by atoms with E-state index in [1.54, 1.807) is 0 Å². The van der Waals surface area contributed by atoms with Gasteiger partial charge in [0.15, 0.2) is 0 Å². The molecule has 20 heavy (non-hydrogen) atoms. The van der Waals surface area contributed by atoms with Crippen molar-refractivity contribution in [1.29, 1.82) is 0 Å². The lowest BCUT2D eigenvalue weighted by Crippen LogP contribution is -2.31. The highest BCUT2D eigenvalue weighted by Gasteiger charge is 2.28. The van der Waals surface area contributed by atoms with Gasteiger partial charge in [0.2, 0.25) is 10.0 Å². The van der Waals surface area contributed by atoms with Crippen LogP contribution in [0.25, 0.3) is 0 Å². The highest BCUT2D eigenvalue weighted by Crippen LogP contribution is 2.23. The van der Waals surface area contributed by atoms with Crippen molar-refractivity contribution >= 4 is 15.7 Å². The predicted molar refractivity (Wildman–Crippen MR) is 70.3 cm³/mol. The van der Waals surface area contributed by atoms with Crippen LogP contribution in [0.5, 0.6) is 0 Å². The Balaban J connectivity index is 1.99. The smallest absolute Gasteiger partial charge is 0.287 e. The Labute approximate surface area is 116 Å². The van der Waals surface area contributed by atoms with E-state index in [0.717, 1.165) is 12.8 Å². The van der Waals surface area contributed by atoms with Crippen molar-refractivity contribution in [3.05, 3.63) is 24.3 Å². The standard InChI is InChI=1S/C12H16F2N2O3S/c13-12(14,8-17)7-15-9-3-5-11(6-4-9)20(18,19)16-10-1-2-10/h3-6,10,15-17H,1-2,7-8H2. The van der Waals surface area contributed by atoms with Gasteiger partial charge in [0.05, 0.1) is 11.4 Å². The third-order valence-electron chi connectivity index (χ3n) is 2.85. The maximum atomic E-state index is 12.8. The molecule has 1 aliphatic rings. The topological polar surface area (TPSA) is 78.4 Å². The van der Waals surface area contributed by atoms with Gasteiger partial charge in [-0.2, -0.15) is 0 Å². The quantitative estimate of drug-likeness (QED) is 0.706. The number of benzene rings is 1. The van der Waals surface area contributed by atoms with Gasteiger partial charge in [0.25, 0.3) is 5.92 Å². The Bertz CT molecular complexity index is 557. The van der Waals surface area contributed by atoms with Crippen LogP contribution in [0.1, 0.15) is 12.8 Å². The summed E-state index contributed by atoms with van der Waals surface area (Å²) >= 11 is 0. The molecule has 1 aliphatic carbocycles. The van der Waals surface area contributed by atoms with Crippen LogP contribution < -0.4 is 10.0 Å². The molecule has 2 rings (SSSR count). The molecule has 0 bridgehead atoms. The molecule has 1 saturated carbocycles. The number of aliphatic hydroxyl groups is 1. The SMILES string of the molecule is O=S(=O)(NC1CC1)c1ccc(NCC(F)(F)CO)cc1. The van der Waals surface area contributed by atoms with Crippen molar-refractivity contribution in [1.82, 2.24) is 4.72 Å². The van der Waals surface area contributed by atoms with Gasteiger partial charge in [0.1, 0.15) is 6.61 Å². The third-order valence-corrected chi connectivity index (χ3v) is 4.38. The van der Waals surface area contributed by atoms with Crippen molar-refractivity contribution in [3.8, 4) is 0 Å². The maximum Gasteiger partial charge on any atom is 0.287 e. The fourth-order valence-electron chi connectivity index (χ4n) is 1.53. The first-order valence-electron chi connectivity index (χ1n) is 6.17. The number of hydrogen-bond acceptors (Lipinski definition) is 4. The lowest BCUT2D eigenvalue weighted by atomic mass is 10.3. The van der Waals surface area contributed by atoms with Gasteiger partial charge in [-0.3, -0.25) is 0 Å². The largest absolute Gasteiger partial charge is 0.390 e. The zero-order chi connectivity index (χ0) is 14.8. The number of halogens is 2. The molecule has 0 amide bonds. The van der Waals surface area contributed by atoms with Crippen molar-refractivity contribution in [2.75, 3.05) is 18.5 Å². The zero-order valence-corrected chi connectivity index (χ0v) is 11.5. The van der Waals surface area contributed by atoms with Crippen molar-refractivity contribution in [2.45, 2.75) is 29.7 Å². The van der Waals surface area contributed by atoms with E-state index in [-0.39, 0.29) is 10.9 Å². The van der Waals surface area contributed by atoms with E-state index in [4.69, 9.17) is 5.11 Å². The minimum atomic E-state index is -3.53. The van der Waals surface area contributed by atoms with E-state index >= 15 is 0 Å². The number of anilines is 1. The molecule has 0 atom stereocenters. The van der Waals surface area contributed by atoms with Crippen molar-refractivity contribution in [2.24, 2.45) is 0 Å². The van der Waals surface area contributed by atoms with E-state index in [1.807, 2.05) is 0 Å². The predicted octanol–water partition coefficient (Wildman–Crippen LogP) is 1.17. The fraction of sp³-hybridized carbons (Fsp3) is 0.500. The summed E-state index contributed by atoms with van der Waals surface area (Å²) < 4.78 is 52.0. The van der Waals surface area contributed by atoms with Gasteiger partial charge in [0, 0.05) is 11.7 Å². The Morgan fingerprint density at radius 2 is 1.85 bits per heavy atom. The lowest BCUT2D eigenvalue weighted by Gasteiger charge is -2.15. The summed E-state index contributed by atoms with van der Waals surface area (Å²) in [5.74, 6) is -3.21. The minimum absolute atomic E-state index is 0.0149. The highest BCUT2D eigenvalue weighted by atomic mass is 32.2. The fourth-order valence-corrected chi connectivity index (χ4v) is 2.83. The first kappa shape index (κ1) is 15.1. The first-order chi connectivity index (χ1) is 9.32. The number of sulfonamides is 1. The second kappa shape index (κ2) is 5.63.